The highest BCUT2D eigenvalue weighted by molar-refractivity contribution is 5.79. The Morgan fingerprint density at radius 3 is 2.41 bits per heavy atom. The zero-order valence-electron chi connectivity index (χ0n) is 19.6. The smallest absolute Gasteiger partial charge is 0.410 e. The first kappa shape index (κ1) is 21.2. The van der Waals surface area contributed by atoms with Gasteiger partial charge in [-0.1, -0.05) is 66.2 Å². The lowest BCUT2D eigenvalue weighted by atomic mass is 9.84. The van der Waals surface area contributed by atoms with E-state index in [1.807, 2.05) is 17.9 Å². The van der Waals surface area contributed by atoms with Gasteiger partial charge in [0.1, 0.15) is 6.61 Å². The van der Waals surface area contributed by atoms with Crippen LogP contribution >= 0.6 is 0 Å². The largest absolute Gasteiger partial charge is 0.448 e. The number of hydrogen-bond donors (Lipinski definition) is 0. The van der Waals surface area contributed by atoms with Crippen LogP contribution in [0, 0.1) is 6.92 Å². The van der Waals surface area contributed by atoms with Crippen molar-refractivity contribution in [2.75, 3.05) is 6.61 Å². The molecule has 2 aliphatic heterocycles. The van der Waals surface area contributed by atoms with Gasteiger partial charge in [-0.2, -0.15) is 0 Å². The number of benzene rings is 2. The van der Waals surface area contributed by atoms with Crippen molar-refractivity contribution in [3.8, 4) is 11.1 Å². The third-order valence-electron chi connectivity index (χ3n) is 7.61. The predicted molar refractivity (Wildman–Crippen MR) is 134 cm³/mol. The fraction of sp³-hybridized carbons (Fsp3) is 0.333. The Bertz CT molecular complexity index is 1220. The summed E-state index contributed by atoms with van der Waals surface area (Å²) in [5.41, 5.74) is 8.58. The molecule has 172 valence electrons. The molecule has 1 saturated heterocycles. The van der Waals surface area contributed by atoms with Crippen molar-refractivity contribution >= 4 is 6.09 Å². The first-order valence-corrected chi connectivity index (χ1v) is 12.4. The quantitative estimate of drug-likeness (QED) is 0.430. The Morgan fingerprint density at radius 2 is 1.71 bits per heavy atom. The Hall–Kier alpha value is -3.40. The van der Waals surface area contributed by atoms with Crippen LogP contribution in [-0.4, -0.2) is 34.7 Å². The topological polar surface area (TPSA) is 42.4 Å². The van der Waals surface area contributed by atoms with Gasteiger partial charge >= 0.3 is 6.09 Å². The molecule has 3 aliphatic rings. The van der Waals surface area contributed by atoms with Crippen molar-refractivity contribution in [2.45, 2.75) is 57.0 Å². The minimum Gasteiger partial charge on any atom is -0.448 e. The van der Waals surface area contributed by atoms with Crippen molar-refractivity contribution in [3.63, 3.8) is 0 Å². The molecule has 0 radical (unpaired) electrons. The second-order valence-corrected chi connectivity index (χ2v) is 9.84. The van der Waals surface area contributed by atoms with Gasteiger partial charge in [-0.05, 0) is 67.0 Å². The van der Waals surface area contributed by atoms with Gasteiger partial charge in [-0.3, -0.25) is 9.88 Å². The number of amides is 1. The molecular formula is C30H30N2O2. The standard InChI is InChI=1S/C30H30N2O2/c1-20-8-6-9-22(31-20)16-21-17-23-10-7-11-24(18-21)32(23)30(33)34-19-29-27-14-4-2-12-25(27)26-13-3-5-15-28(26)29/h2-6,8-9,12-15,17,23-24,29H,7,10-11,16,18-19H2,1H3. The Morgan fingerprint density at radius 1 is 0.971 bits per heavy atom. The number of carbonyl (C=O) groups excluding carboxylic acids is 1. The van der Waals surface area contributed by atoms with Crippen molar-refractivity contribution in [1.29, 1.82) is 0 Å². The van der Waals surface area contributed by atoms with E-state index in [1.54, 1.807) is 0 Å². The lowest BCUT2D eigenvalue weighted by Gasteiger charge is -2.44. The first-order valence-electron chi connectivity index (χ1n) is 12.4. The summed E-state index contributed by atoms with van der Waals surface area (Å²) < 4.78 is 6.03. The van der Waals surface area contributed by atoms with E-state index >= 15 is 0 Å². The molecule has 1 aromatic heterocycles. The van der Waals surface area contributed by atoms with Gasteiger partial charge in [0.15, 0.2) is 0 Å². The highest BCUT2D eigenvalue weighted by Gasteiger charge is 2.38. The summed E-state index contributed by atoms with van der Waals surface area (Å²) >= 11 is 0. The highest BCUT2D eigenvalue weighted by Crippen LogP contribution is 2.44. The first-order chi connectivity index (χ1) is 16.7. The SMILES string of the molecule is Cc1cccc(CC2=CC3CCCC(C2)N3C(=O)OCC2c3ccccc3-c3ccccc32)n1. The third-order valence-corrected chi connectivity index (χ3v) is 7.61. The lowest BCUT2D eigenvalue weighted by Crippen LogP contribution is -2.52. The number of rotatable bonds is 4. The molecule has 0 N–H and O–H groups in total. The summed E-state index contributed by atoms with van der Waals surface area (Å²) in [5.74, 6) is 0.0967. The van der Waals surface area contributed by atoms with Crippen LogP contribution in [0.4, 0.5) is 4.79 Å². The fourth-order valence-electron chi connectivity index (χ4n) is 6.13. The van der Waals surface area contributed by atoms with Crippen molar-refractivity contribution < 1.29 is 9.53 Å². The second kappa shape index (κ2) is 8.75. The number of nitrogens with zero attached hydrogens (tertiary/aromatic N) is 2. The molecule has 2 bridgehead atoms. The minimum absolute atomic E-state index is 0.0967. The normalized spacial score (nSPS) is 21.0. The number of piperidine rings is 1. The zero-order valence-corrected chi connectivity index (χ0v) is 19.6. The molecule has 4 nitrogen and oxygen atoms in total. The molecule has 2 unspecified atom stereocenters. The van der Waals surface area contributed by atoms with Gasteiger partial charge in [-0.25, -0.2) is 4.79 Å². The number of aromatic nitrogens is 1. The summed E-state index contributed by atoms with van der Waals surface area (Å²) in [4.78, 5) is 20.1. The monoisotopic (exact) mass is 450 g/mol. The van der Waals surface area contributed by atoms with Crippen molar-refractivity contribution in [1.82, 2.24) is 9.88 Å². The maximum Gasteiger partial charge on any atom is 0.410 e. The molecule has 3 aromatic rings. The van der Waals surface area contributed by atoms with Crippen LogP contribution in [0.3, 0.4) is 0 Å². The molecule has 1 aliphatic carbocycles. The Balaban J connectivity index is 1.18. The van der Waals surface area contributed by atoms with E-state index in [0.717, 1.165) is 43.5 Å². The van der Waals surface area contributed by atoms with Crippen LogP contribution in [0.15, 0.2) is 78.4 Å². The number of fused-ring (bicyclic) bond motifs is 5. The van der Waals surface area contributed by atoms with E-state index in [0.29, 0.717) is 6.61 Å². The van der Waals surface area contributed by atoms with Crippen molar-refractivity contribution in [2.24, 2.45) is 0 Å². The maximum atomic E-state index is 13.4. The van der Waals surface area contributed by atoms with Gasteiger partial charge in [0.25, 0.3) is 0 Å². The molecule has 3 heterocycles. The van der Waals surface area contributed by atoms with Crippen LogP contribution in [0.5, 0.6) is 0 Å². The average molecular weight is 451 g/mol. The Labute approximate surface area is 201 Å². The molecule has 2 atom stereocenters. The predicted octanol–water partition coefficient (Wildman–Crippen LogP) is 6.43. The molecule has 6 rings (SSSR count). The summed E-state index contributed by atoms with van der Waals surface area (Å²) in [7, 11) is 0. The molecule has 2 aromatic carbocycles. The van der Waals surface area contributed by atoms with E-state index < -0.39 is 0 Å². The Kier molecular flexibility index (Phi) is 5.44. The van der Waals surface area contributed by atoms with Crippen molar-refractivity contribution in [3.05, 3.63) is 101 Å². The van der Waals surface area contributed by atoms with E-state index in [2.05, 4.69) is 71.7 Å². The highest BCUT2D eigenvalue weighted by atomic mass is 16.6. The maximum absolute atomic E-state index is 13.4. The average Bonchev–Trinajstić information content (AvgIpc) is 3.16. The number of pyridine rings is 1. The second-order valence-electron chi connectivity index (χ2n) is 9.84. The van der Waals surface area contributed by atoms with E-state index in [1.165, 1.54) is 27.8 Å². The van der Waals surface area contributed by atoms with Crippen LogP contribution in [0.2, 0.25) is 0 Å². The molecule has 1 fully saturated rings. The number of aryl methyl sites for hydroxylation is 1. The van der Waals surface area contributed by atoms with E-state index in [-0.39, 0.29) is 24.1 Å². The zero-order chi connectivity index (χ0) is 23.1. The van der Waals surface area contributed by atoms with Gasteiger partial charge in [0.2, 0.25) is 0 Å². The van der Waals surface area contributed by atoms with Gasteiger partial charge in [-0.15, -0.1) is 0 Å². The van der Waals surface area contributed by atoms with Crippen LogP contribution in [0.1, 0.15) is 54.1 Å². The van der Waals surface area contributed by atoms with Gasteiger partial charge < -0.3 is 4.74 Å². The van der Waals surface area contributed by atoms with Gasteiger partial charge in [0, 0.05) is 29.8 Å². The fourth-order valence-corrected chi connectivity index (χ4v) is 6.13. The number of carbonyl (C=O) groups is 1. The summed E-state index contributed by atoms with van der Waals surface area (Å²) in [6.45, 7) is 2.42. The lowest BCUT2D eigenvalue weighted by molar-refractivity contribution is 0.0509. The number of ether oxygens (including phenoxy) is 1. The van der Waals surface area contributed by atoms with Crippen LogP contribution < -0.4 is 0 Å². The van der Waals surface area contributed by atoms with E-state index in [9.17, 15) is 4.79 Å². The summed E-state index contributed by atoms with van der Waals surface area (Å²) in [5, 5.41) is 0. The molecule has 0 spiro atoms. The third kappa shape index (κ3) is 3.81. The summed E-state index contributed by atoms with van der Waals surface area (Å²) in [6, 6.07) is 23.5. The minimum atomic E-state index is -0.166. The summed E-state index contributed by atoms with van der Waals surface area (Å²) in [6.07, 6.45) is 7.13. The van der Waals surface area contributed by atoms with Gasteiger partial charge in [0.05, 0.1) is 6.04 Å². The molecule has 0 saturated carbocycles. The molecule has 4 heteroatoms. The van der Waals surface area contributed by atoms with Crippen LogP contribution in [-0.2, 0) is 11.2 Å². The number of hydrogen-bond acceptors (Lipinski definition) is 3. The molecule has 34 heavy (non-hydrogen) atoms. The molecule has 1 amide bonds. The van der Waals surface area contributed by atoms with Crippen LogP contribution in [0.25, 0.3) is 11.1 Å². The molecular weight excluding hydrogens is 420 g/mol. The van der Waals surface area contributed by atoms with E-state index in [4.69, 9.17) is 4.74 Å².